The molecule has 182 valence electrons. The Hall–Kier alpha value is -3.64. The van der Waals surface area contributed by atoms with Gasteiger partial charge in [0, 0.05) is 29.1 Å². The molecule has 0 bridgehead atoms. The number of nitrogens with one attached hydrogen (secondary N) is 2. The fourth-order valence-corrected chi connectivity index (χ4v) is 3.79. The maximum Gasteiger partial charge on any atom is 0.416 e. The maximum absolute atomic E-state index is 13.3. The van der Waals surface area contributed by atoms with Crippen molar-refractivity contribution < 1.29 is 48.0 Å². The quantitative estimate of drug-likeness (QED) is 0.457. The van der Waals surface area contributed by atoms with Crippen LogP contribution in [0.3, 0.4) is 0 Å². The summed E-state index contributed by atoms with van der Waals surface area (Å²) >= 11 is 0. The first kappa shape index (κ1) is 25.0. The number of anilines is 3. The number of benzene rings is 2. The van der Waals surface area contributed by atoms with Gasteiger partial charge in [-0.2, -0.15) is 13.2 Å². The van der Waals surface area contributed by atoms with Gasteiger partial charge in [-0.05, 0) is 37.1 Å². The minimum Gasteiger partial charge on any atom is -0.550 e. The van der Waals surface area contributed by atoms with E-state index in [4.69, 9.17) is 0 Å². The predicted molar refractivity (Wildman–Crippen MR) is 107 cm³/mol. The van der Waals surface area contributed by atoms with Crippen molar-refractivity contribution in [3.63, 3.8) is 0 Å². The number of carboxylic acid groups (broad SMARTS) is 2. The smallest absolute Gasteiger partial charge is 0.416 e. The average Bonchev–Trinajstić information content (AvgIpc) is 2.75. The van der Waals surface area contributed by atoms with Crippen LogP contribution < -0.4 is 20.8 Å². The van der Waals surface area contributed by atoms with Crippen LogP contribution in [0, 0.1) is 11.8 Å². The lowest BCUT2D eigenvalue weighted by Crippen LogP contribution is -2.49. The lowest BCUT2D eigenvalue weighted by atomic mass is 9.76. The third kappa shape index (κ3) is 5.46. The van der Waals surface area contributed by atoms with Gasteiger partial charge in [-0.25, -0.2) is 0 Å². The van der Waals surface area contributed by atoms with Gasteiger partial charge in [0.15, 0.2) is 0 Å². The van der Waals surface area contributed by atoms with Crippen LogP contribution in [0.4, 0.5) is 30.2 Å². The van der Waals surface area contributed by atoms with Crippen molar-refractivity contribution in [2.45, 2.75) is 31.2 Å². The van der Waals surface area contributed by atoms with Crippen molar-refractivity contribution in [2.75, 3.05) is 10.6 Å². The zero-order chi connectivity index (χ0) is 25.2. The molecule has 0 saturated heterocycles. The molecule has 3 rings (SSSR count). The van der Waals surface area contributed by atoms with Crippen molar-refractivity contribution in [2.24, 2.45) is 11.8 Å². The molecule has 34 heavy (non-hydrogen) atoms. The molecule has 12 heteroatoms. The number of aromatic carboxylic acids is 1. The van der Waals surface area contributed by atoms with Gasteiger partial charge in [0.05, 0.1) is 35.1 Å². The summed E-state index contributed by atoms with van der Waals surface area (Å²) in [5, 5.41) is 47.3. The van der Waals surface area contributed by atoms with Gasteiger partial charge < -0.3 is 40.6 Å². The highest BCUT2D eigenvalue weighted by atomic mass is 19.4. The van der Waals surface area contributed by atoms with Gasteiger partial charge in [0.1, 0.15) is 0 Å². The Morgan fingerprint density at radius 2 is 1.50 bits per heavy atom. The number of carboxylic acids is 2. The molecule has 1 saturated carbocycles. The lowest BCUT2D eigenvalue weighted by Gasteiger charge is -2.36. The topological polar surface area (TPSA) is 162 Å². The second-order valence-electron chi connectivity index (χ2n) is 7.84. The molecule has 9 nitrogen and oxygen atoms in total. The molecular formula is C22H19F3N2O7-2. The summed E-state index contributed by atoms with van der Waals surface area (Å²) in [6, 6.07) is 7.71. The largest absolute Gasteiger partial charge is 0.550 e. The predicted octanol–water partition coefficient (Wildman–Crippen LogP) is 0.249. The minimum atomic E-state index is -4.78. The van der Waals surface area contributed by atoms with E-state index in [0.29, 0.717) is 12.1 Å². The van der Waals surface area contributed by atoms with E-state index in [-0.39, 0.29) is 16.9 Å². The van der Waals surface area contributed by atoms with Gasteiger partial charge in [-0.15, -0.1) is 0 Å². The van der Waals surface area contributed by atoms with Gasteiger partial charge in [-0.3, -0.25) is 4.79 Å². The third-order valence-corrected chi connectivity index (χ3v) is 5.58. The highest BCUT2D eigenvalue weighted by molar-refractivity contribution is 5.99. The van der Waals surface area contributed by atoms with Crippen molar-refractivity contribution >= 4 is 34.9 Å². The van der Waals surface area contributed by atoms with E-state index in [0.717, 1.165) is 6.07 Å². The summed E-state index contributed by atoms with van der Waals surface area (Å²) in [7, 11) is 0. The fraction of sp³-hybridized carbons (Fsp3) is 0.318. The van der Waals surface area contributed by atoms with Crippen LogP contribution in [0.1, 0.15) is 28.8 Å². The second kappa shape index (κ2) is 9.69. The molecule has 0 aromatic heterocycles. The summed E-state index contributed by atoms with van der Waals surface area (Å²) in [5.74, 6) is -7.11. The number of aliphatic hydroxyl groups is 2. The van der Waals surface area contributed by atoms with Crippen LogP contribution in [0.5, 0.6) is 0 Å². The number of aliphatic hydroxyl groups excluding tert-OH is 2. The number of para-hydroxylation sites is 1. The van der Waals surface area contributed by atoms with E-state index in [1.165, 1.54) is 24.3 Å². The molecule has 0 heterocycles. The summed E-state index contributed by atoms with van der Waals surface area (Å²) in [5.41, 5.74) is -1.97. The molecule has 2 aromatic carbocycles. The van der Waals surface area contributed by atoms with Crippen molar-refractivity contribution in [1.29, 1.82) is 0 Å². The molecule has 1 fully saturated rings. The van der Waals surface area contributed by atoms with Gasteiger partial charge in [0.2, 0.25) is 5.91 Å². The lowest BCUT2D eigenvalue weighted by molar-refractivity contribution is -0.315. The molecule has 0 aliphatic heterocycles. The van der Waals surface area contributed by atoms with Crippen molar-refractivity contribution in [3.05, 3.63) is 53.6 Å². The zero-order valence-corrected chi connectivity index (χ0v) is 17.3. The molecule has 1 aliphatic carbocycles. The summed E-state index contributed by atoms with van der Waals surface area (Å²) in [4.78, 5) is 35.7. The molecular weight excluding hydrogens is 461 g/mol. The van der Waals surface area contributed by atoms with Crippen molar-refractivity contribution in [1.82, 2.24) is 0 Å². The van der Waals surface area contributed by atoms with Crippen LogP contribution in [-0.4, -0.2) is 40.3 Å². The number of alkyl halides is 3. The van der Waals surface area contributed by atoms with E-state index >= 15 is 0 Å². The monoisotopic (exact) mass is 480 g/mol. The van der Waals surface area contributed by atoms with E-state index in [1.807, 2.05) is 0 Å². The van der Waals surface area contributed by atoms with Gasteiger partial charge in [0.25, 0.3) is 0 Å². The Balaban J connectivity index is 1.98. The average molecular weight is 480 g/mol. The SMILES string of the molecule is O=C([O-])c1ccccc1Nc1ccc(C(F)(F)F)cc1NC(=O)C1CC(O)C(O)CC1C(=O)[O-]. The Kier molecular flexibility index (Phi) is 7.12. The maximum atomic E-state index is 13.3. The number of amides is 1. The molecule has 0 spiro atoms. The van der Waals surface area contributed by atoms with E-state index in [9.17, 15) is 48.0 Å². The summed E-state index contributed by atoms with van der Waals surface area (Å²) < 4.78 is 39.9. The van der Waals surface area contributed by atoms with Crippen molar-refractivity contribution in [3.8, 4) is 0 Å². The highest BCUT2D eigenvalue weighted by Gasteiger charge is 2.40. The molecule has 1 amide bonds. The Morgan fingerprint density at radius 3 is 2.09 bits per heavy atom. The third-order valence-electron chi connectivity index (χ3n) is 5.58. The van der Waals surface area contributed by atoms with E-state index in [1.54, 1.807) is 0 Å². The number of hydrogen-bond donors (Lipinski definition) is 4. The number of aliphatic carboxylic acids is 1. The number of carbonyl (C=O) groups is 3. The van der Waals surface area contributed by atoms with E-state index in [2.05, 4.69) is 10.6 Å². The van der Waals surface area contributed by atoms with Gasteiger partial charge in [-0.1, -0.05) is 18.2 Å². The number of carbonyl (C=O) groups excluding carboxylic acids is 3. The van der Waals surface area contributed by atoms with Crippen LogP contribution in [-0.2, 0) is 15.8 Å². The zero-order valence-electron chi connectivity index (χ0n) is 17.3. The normalized spacial score (nSPS) is 22.6. The molecule has 4 atom stereocenters. The van der Waals surface area contributed by atoms with E-state index < -0.39 is 72.2 Å². The molecule has 4 unspecified atom stereocenters. The fourth-order valence-electron chi connectivity index (χ4n) is 3.79. The van der Waals surface area contributed by atoms with Crippen LogP contribution >= 0.6 is 0 Å². The first-order valence-electron chi connectivity index (χ1n) is 10.0. The minimum absolute atomic E-state index is 0.0263. The summed E-state index contributed by atoms with van der Waals surface area (Å²) in [6.45, 7) is 0. The molecule has 4 N–H and O–H groups in total. The Bertz CT molecular complexity index is 1110. The Labute approximate surface area is 190 Å². The summed E-state index contributed by atoms with van der Waals surface area (Å²) in [6.07, 6.45) is -8.53. The number of rotatable bonds is 6. The Morgan fingerprint density at radius 1 is 0.882 bits per heavy atom. The van der Waals surface area contributed by atoms with Crippen LogP contribution in [0.15, 0.2) is 42.5 Å². The molecule has 2 aromatic rings. The first-order valence-corrected chi connectivity index (χ1v) is 10.0. The van der Waals surface area contributed by atoms with Gasteiger partial charge >= 0.3 is 6.18 Å². The number of hydrogen-bond acceptors (Lipinski definition) is 8. The number of halogens is 3. The standard InChI is InChI=1S/C22H21F3N2O7/c23-22(24,25)10-5-6-15(26-14-4-2-1-3-11(14)20(31)32)16(7-10)27-19(30)12-8-17(28)18(29)9-13(12)21(33)34/h1-7,12-13,17-18,26,28-29H,8-9H2,(H,27,30)(H,31,32)(H,33,34)/p-2. The second-order valence-corrected chi connectivity index (χ2v) is 7.84. The first-order chi connectivity index (χ1) is 15.9. The highest BCUT2D eigenvalue weighted by Crippen LogP contribution is 2.37. The van der Waals surface area contributed by atoms with Crippen LogP contribution in [0.2, 0.25) is 0 Å². The van der Waals surface area contributed by atoms with Crippen LogP contribution in [0.25, 0.3) is 0 Å². The molecule has 0 radical (unpaired) electrons. The molecule has 1 aliphatic rings.